The smallest absolute Gasteiger partial charge is 0.328 e. The van der Waals surface area contributed by atoms with E-state index >= 15 is 0 Å². The highest BCUT2D eigenvalue weighted by Crippen LogP contribution is 2.26. The number of nitrogens with zero attached hydrogens (tertiary/aromatic N) is 1. The molecule has 0 aliphatic heterocycles. The quantitative estimate of drug-likeness (QED) is 0.417. The largest absolute Gasteiger partial charge is 0.478 e. The Morgan fingerprint density at radius 3 is 2.20 bits per heavy atom. The number of fused-ring (bicyclic) bond motifs is 1. The van der Waals surface area contributed by atoms with E-state index in [2.05, 4.69) is 30.3 Å². The number of benzene rings is 2. The predicted molar refractivity (Wildman–Crippen MR) is 94.9 cm³/mol. The molecule has 0 radical (unpaired) electrons. The minimum atomic E-state index is -1.26. The molecule has 0 heterocycles. The van der Waals surface area contributed by atoms with Crippen molar-refractivity contribution in [2.45, 2.75) is 6.10 Å². The van der Waals surface area contributed by atoms with Crippen LogP contribution in [0.3, 0.4) is 0 Å². The normalized spacial score (nSPS) is 12.0. The Morgan fingerprint density at radius 1 is 1.12 bits per heavy atom. The van der Waals surface area contributed by atoms with Crippen molar-refractivity contribution in [3.05, 3.63) is 60.2 Å². The van der Waals surface area contributed by atoms with Gasteiger partial charge in [0.25, 0.3) is 0 Å². The fourth-order valence-electron chi connectivity index (χ4n) is 2.24. The minimum absolute atomic E-state index is 0.00361. The molecular weight excluding hydrogens is 324 g/mol. The molecular formula is C18H22N2O5. The van der Waals surface area contributed by atoms with E-state index in [1.54, 1.807) is 12.1 Å². The van der Waals surface area contributed by atoms with Gasteiger partial charge in [0.05, 0.1) is 6.10 Å². The van der Waals surface area contributed by atoms with Crippen molar-refractivity contribution in [2.75, 3.05) is 20.7 Å². The van der Waals surface area contributed by atoms with Gasteiger partial charge in [0, 0.05) is 32.9 Å². The number of hydrogen-bond acceptors (Lipinski definition) is 5. The number of nitrogens with two attached hydrogens (primary N) is 1. The molecule has 2 aromatic carbocycles. The zero-order valence-corrected chi connectivity index (χ0v) is 14.1. The number of carboxylic acids is 2. The van der Waals surface area contributed by atoms with Gasteiger partial charge in [-0.3, -0.25) is 5.84 Å². The second-order valence-corrected chi connectivity index (χ2v) is 5.24. The maximum absolute atomic E-state index is 9.55. The van der Waals surface area contributed by atoms with Crippen LogP contribution in [0.1, 0.15) is 11.7 Å². The van der Waals surface area contributed by atoms with E-state index in [-0.39, 0.29) is 6.10 Å². The summed E-state index contributed by atoms with van der Waals surface area (Å²) in [5, 5.41) is 19.7. The highest BCUT2D eigenvalue weighted by atomic mass is 16.5. The number of methoxy groups -OCH3 is 1. The van der Waals surface area contributed by atoms with Gasteiger partial charge in [-0.1, -0.05) is 42.5 Å². The Balaban J connectivity index is 0.000000333. The molecule has 0 saturated carbocycles. The molecule has 0 saturated heterocycles. The summed E-state index contributed by atoms with van der Waals surface area (Å²) in [6.07, 6.45) is 1.11. The van der Waals surface area contributed by atoms with Crippen LogP contribution in [0.2, 0.25) is 0 Å². The molecule has 0 aromatic heterocycles. The summed E-state index contributed by atoms with van der Waals surface area (Å²) >= 11 is 0. The number of carboxylic acid groups (broad SMARTS) is 2. The van der Waals surface area contributed by atoms with Crippen molar-refractivity contribution in [2.24, 2.45) is 5.84 Å². The summed E-state index contributed by atoms with van der Waals surface area (Å²) in [6.45, 7) is 0.671. The first-order valence-corrected chi connectivity index (χ1v) is 7.45. The molecule has 0 fully saturated rings. The van der Waals surface area contributed by atoms with Crippen molar-refractivity contribution in [3.8, 4) is 0 Å². The molecule has 0 aliphatic carbocycles. The van der Waals surface area contributed by atoms with Crippen LogP contribution in [0.25, 0.3) is 10.8 Å². The lowest BCUT2D eigenvalue weighted by molar-refractivity contribution is -0.134. The van der Waals surface area contributed by atoms with Gasteiger partial charge < -0.3 is 14.9 Å². The van der Waals surface area contributed by atoms with Gasteiger partial charge in [0.1, 0.15) is 0 Å². The molecule has 1 atom stereocenters. The number of ether oxygens (including phenoxy) is 1. The molecule has 134 valence electrons. The number of aliphatic carboxylic acids is 2. The van der Waals surface area contributed by atoms with E-state index < -0.39 is 11.9 Å². The Kier molecular flexibility index (Phi) is 8.28. The van der Waals surface area contributed by atoms with Gasteiger partial charge in [-0.2, -0.15) is 0 Å². The van der Waals surface area contributed by atoms with Gasteiger partial charge in [-0.05, 0) is 16.3 Å². The number of carbonyl (C=O) groups is 2. The van der Waals surface area contributed by atoms with E-state index in [1.165, 1.54) is 16.3 Å². The molecule has 2 rings (SSSR count). The summed E-state index contributed by atoms with van der Waals surface area (Å²) in [5.74, 6) is 3.19. The first kappa shape index (κ1) is 20.3. The van der Waals surface area contributed by atoms with Crippen LogP contribution in [0.5, 0.6) is 0 Å². The van der Waals surface area contributed by atoms with Gasteiger partial charge >= 0.3 is 11.9 Å². The fraction of sp³-hybridized carbons (Fsp3) is 0.222. The van der Waals surface area contributed by atoms with E-state index in [0.717, 1.165) is 0 Å². The van der Waals surface area contributed by atoms with E-state index in [0.29, 0.717) is 18.7 Å². The van der Waals surface area contributed by atoms with Gasteiger partial charge in [0.2, 0.25) is 0 Å². The summed E-state index contributed by atoms with van der Waals surface area (Å²) in [4.78, 5) is 19.1. The summed E-state index contributed by atoms with van der Waals surface area (Å²) in [6, 6.07) is 14.6. The Bertz CT molecular complexity index is 722. The van der Waals surface area contributed by atoms with E-state index in [9.17, 15) is 9.59 Å². The first-order chi connectivity index (χ1) is 11.8. The number of hydrazine groups is 1. The SMILES string of the molecule is COC(CN(C)N)c1cccc2ccccc12.O=C(O)/C=C/C(=O)O. The molecule has 0 bridgehead atoms. The van der Waals surface area contributed by atoms with Crippen molar-refractivity contribution in [3.63, 3.8) is 0 Å². The van der Waals surface area contributed by atoms with Crippen molar-refractivity contribution in [1.29, 1.82) is 0 Å². The summed E-state index contributed by atoms with van der Waals surface area (Å²) < 4.78 is 5.53. The van der Waals surface area contributed by atoms with Crippen molar-refractivity contribution < 1.29 is 24.5 Å². The lowest BCUT2D eigenvalue weighted by Gasteiger charge is -2.21. The van der Waals surface area contributed by atoms with Crippen molar-refractivity contribution in [1.82, 2.24) is 5.01 Å². The molecule has 25 heavy (non-hydrogen) atoms. The minimum Gasteiger partial charge on any atom is -0.478 e. The highest BCUT2D eigenvalue weighted by molar-refractivity contribution is 5.89. The maximum atomic E-state index is 9.55. The van der Waals surface area contributed by atoms with E-state index in [1.807, 2.05) is 19.2 Å². The lowest BCUT2D eigenvalue weighted by atomic mass is 10.0. The van der Waals surface area contributed by atoms with Crippen LogP contribution < -0.4 is 5.84 Å². The number of hydrogen-bond donors (Lipinski definition) is 3. The van der Waals surface area contributed by atoms with E-state index in [4.69, 9.17) is 20.8 Å². The Hall–Kier alpha value is -2.74. The van der Waals surface area contributed by atoms with Crippen LogP contribution >= 0.6 is 0 Å². The topological polar surface area (TPSA) is 113 Å². The molecule has 7 heteroatoms. The predicted octanol–water partition coefficient (Wildman–Crippen LogP) is 2.04. The zero-order chi connectivity index (χ0) is 18.8. The average Bonchev–Trinajstić information content (AvgIpc) is 2.58. The second kappa shape index (κ2) is 10.2. The third-order valence-corrected chi connectivity index (χ3v) is 3.28. The third kappa shape index (κ3) is 7.13. The van der Waals surface area contributed by atoms with Crippen LogP contribution in [0.4, 0.5) is 0 Å². The Morgan fingerprint density at radius 2 is 1.68 bits per heavy atom. The standard InChI is InChI=1S/C14H18N2O.C4H4O4/c1-16(15)10-14(17-2)13-9-5-7-11-6-3-4-8-12(11)13;5-3(6)1-2-4(7)8/h3-9,14H,10,15H2,1-2H3;1-2H,(H,5,6)(H,7,8)/b;2-1+. The number of rotatable bonds is 6. The van der Waals surface area contributed by atoms with Crippen LogP contribution in [-0.2, 0) is 14.3 Å². The molecule has 2 aromatic rings. The van der Waals surface area contributed by atoms with Gasteiger partial charge in [0.15, 0.2) is 0 Å². The molecule has 4 N–H and O–H groups in total. The van der Waals surface area contributed by atoms with Gasteiger partial charge in [-0.15, -0.1) is 0 Å². The summed E-state index contributed by atoms with van der Waals surface area (Å²) in [7, 11) is 3.56. The molecule has 0 spiro atoms. The maximum Gasteiger partial charge on any atom is 0.328 e. The second-order valence-electron chi connectivity index (χ2n) is 5.24. The van der Waals surface area contributed by atoms with Gasteiger partial charge in [-0.25, -0.2) is 14.6 Å². The Labute approximate surface area is 145 Å². The van der Waals surface area contributed by atoms with Crippen LogP contribution in [-0.4, -0.2) is 47.9 Å². The monoisotopic (exact) mass is 346 g/mol. The fourth-order valence-corrected chi connectivity index (χ4v) is 2.24. The average molecular weight is 346 g/mol. The summed E-state index contributed by atoms with van der Waals surface area (Å²) in [5.41, 5.74) is 1.18. The lowest BCUT2D eigenvalue weighted by Crippen LogP contribution is -2.31. The van der Waals surface area contributed by atoms with Crippen LogP contribution in [0.15, 0.2) is 54.6 Å². The molecule has 0 aliphatic rings. The first-order valence-electron chi connectivity index (χ1n) is 7.45. The highest BCUT2D eigenvalue weighted by Gasteiger charge is 2.14. The number of likely N-dealkylation sites (N-methyl/N-ethyl adjacent to an activating group) is 1. The molecule has 1 unspecified atom stereocenters. The third-order valence-electron chi connectivity index (χ3n) is 3.28. The van der Waals surface area contributed by atoms with Crippen LogP contribution in [0, 0.1) is 0 Å². The van der Waals surface area contributed by atoms with Crippen molar-refractivity contribution >= 4 is 22.7 Å². The molecule has 7 nitrogen and oxygen atoms in total. The zero-order valence-electron chi connectivity index (χ0n) is 14.1. The molecule has 0 amide bonds.